The van der Waals surface area contributed by atoms with E-state index in [9.17, 15) is 19.8 Å². The fourth-order valence-corrected chi connectivity index (χ4v) is 8.27. The van der Waals surface area contributed by atoms with Gasteiger partial charge in [-0.15, -0.1) is 0 Å². The summed E-state index contributed by atoms with van der Waals surface area (Å²) in [6.45, 7) is 19.1. The predicted octanol–water partition coefficient (Wildman–Crippen LogP) is 4.83. The van der Waals surface area contributed by atoms with Gasteiger partial charge in [0.2, 0.25) is 0 Å². The van der Waals surface area contributed by atoms with Gasteiger partial charge in [0.25, 0.3) is 0 Å². The zero-order valence-electron chi connectivity index (χ0n) is 23.1. The molecule has 2 saturated carbocycles. The Morgan fingerprint density at radius 1 is 1.22 bits per heavy atom. The third-order valence-electron chi connectivity index (χ3n) is 10.1. The van der Waals surface area contributed by atoms with Crippen molar-refractivity contribution in [1.82, 2.24) is 0 Å². The van der Waals surface area contributed by atoms with Crippen molar-refractivity contribution < 1.29 is 29.3 Å². The molecule has 10 unspecified atom stereocenters. The Morgan fingerprint density at radius 2 is 1.89 bits per heavy atom. The molecule has 36 heavy (non-hydrogen) atoms. The minimum atomic E-state index is -1.72. The summed E-state index contributed by atoms with van der Waals surface area (Å²) in [6, 6.07) is 0. The molecule has 1 aliphatic heterocycles. The average molecular weight is 503 g/mol. The van der Waals surface area contributed by atoms with Crippen LogP contribution in [0.2, 0.25) is 0 Å². The van der Waals surface area contributed by atoms with Gasteiger partial charge in [-0.1, -0.05) is 52.8 Å². The van der Waals surface area contributed by atoms with Crippen LogP contribution in [0.15, 0.2) is 23.8 Å². The summed E-state index contributed by atoms with van der Waals surface area (Å²) >= 11 is 0. The number of allylic oxidation sites excluding steroid dienone is 2. The maximum atomic E-state index is 12.7. The van der Waals surface area contributed by atoms with Crippen molar-refractivity contribution in [2.24, 2.45) is 46.8 Å². The van der Waals surface area contributed by atoms with Crippen LogP contribution >= 0.6 is 0 Å². The summed E-state index contributed by atoms with van der Waals surface area (Å²) in [6.07, 6.45) is 3.36. The molecule has 3 aliphatic carbocycles. The normalized spacial score (nSPS) is 44.7. The number of rotatable bonds is 4. The second kappa shape index (κ2) is 9.58. The summed E-state index contributed by atoms with van der Waals surface area (Å²) in [7, 11) is 0. The zero-order valence-corrected chi connectivity index (χ0v) is 23.1. The molecule has 202 valence electrons. The Kier molecular flexibility index (Phi) is 7.28. The number of aliphatic hydroxyl groups is 2. The lowest BCUT2D eigenvalue weighted by Gasteiger charge is -2.54. The minimum Gasteiger partial charge on any atom is -0.462 e. The monoisotopic (exact) mass is 502 g/mol. The van der Waals surface area contributed by atoms with E-state index in [1.54, 1.807) is 6.92 Å². The van der Waals surface area contributed by atoms with Crippen LogP contribution in [0, 0.1) is 46.8 Å². The molecule has 1 saturated heterocycles. The molecule has 0 aromatic rings. The molecular weight excluding hydrogens is 456 g/mol. The van der Waals surface area contributed by atoms with Crippen LogP contribution in [-0.4, -0.2) is 46.1 Å². The second-order valence-electron chi connectivity index (χ2n) is 13.3. The summed E-state index contributed by atoms with van der Waals surface area (Å²) in [5.74, 6) is -0.195. The first-order valence-corrected chi connectivity index (χ1v) is 13.9. The van der Waals surface area contributed by atoms with Crippen LogP contribution < -0.4 is 0 Å². The first kappa shape index (κ1) is 27.4. The van der Waals surface area contributed by atoms with Gasteiger partial charge in [0.1, 0.15) is 17.8 Å². The van der Waals surface area contributed by atoms with Crippen molar-refractivity contribution in [2.45, 2.75) is 104 Å². The van der Waals surface area contributed by atoms with Gasteiger partial charge in [0, 0.05) is 18.3 Å². The number of hydrogen-bond donors (Lipinski definition) is 2. The van der Waals surface area contributed by atoms with Crippen LogP contribution in [0.25, 0.3) is 0 Å². The molecule has 0 amide bonds. The van der Waals surface area contributed by atoms with E-state index in [1.807, 2.05) is 13.8 Å². The first-order valence-electron chi connectivity index (χ1n) is 13.9. The molecule has 0 radical (unpaired) electrons. The van der Waals surface area contributed by atoms with E-state index in [1.165, 1.54) is 5.57 Å². The Labute approximate surface area is 216 Å². The SMILES string of the molecule is C=C1C2CC3C(C(C)C)C(OC(=O)CC(C)C)CC3(C)CC2C(C)=CCC2C(C)OC(=O)C(O)C12O. The lowest BCUT2D eigenvalue weighted by atomic mass is 9.53. The highest BCUT2D eigenvalue weighted by Gasteiger charge is 2.62. The standard InChI is InChI=1S/C30H46O6/c1-15(2)11-25(31)36-24-14-29(8)13-21-17(5)9-10-22-19(7)35-28(33)27(32)30(22,34)18(6)20(21)12-23(29)26(24)16(3)4/h9,15-16,19-24,26-27,32,34H,6,10-14H2,1-5,7-8H3. The van der Waals surface area contributed by atoms with Gasteiger partial charge >= 0.3 is 11.9 Å². The van der Waals surface area contributed by atoms with E-state index in [2.05, 4.69) is 40.3 Å². The van der Waals surface area contributed by atoms with Gasteiger partial charge in [-0.05, 0) is 80.1 Å². The van der Waals surface area contributed by atoms with E-state index in [0.29, 0.717) is 24.3 Å². The molecule has 1 heterocycles. The minimum absolute atomic E-state index is 0.00706. The van der Waals surface area contributed by atoms with Crippen molar-refractivity contribution in [3.63, 3.8) is 0 Å². The Morgan fingerprint density at radius 3 is 2.50 bits per heavy atom. The molecule has 4 aliphatic rings. The molecule has 3 fully saturated rings. The molecular formula is C30H46O6. The third kappa shape index (κ3) is 4.36. The second-order valence-corrected chi connectivity index (χ2v) is 13.3. The number of aliphatic hydroxyl groups excluding tert-OH is 1. The Bertz CT molecular complexity index is 936. The molecule has 6 heteroatoms. The van der Waals surface area contributed by atoms with Crippen molar-refractivity contribution >= 4 is 11.9 Å². The molecule has 0 aromatic heterocycles. The zero-order chi connectivity index (χ0) is 26.7. The van der Waals surface area contributed by atoms with Crippen LogP contribution in [0.5, 0.6) is 0 Å². The third-order valence-corrected chi connectivity index (χ3v) is 10.1. The smallest absolute Gasteiger partial charge is 0.338 e. The largest absolute Gasteiger partial charge is 0.462 e. The van der Waals surface area contributed by atoms with E-state index >= 15 is 0 Å². The molecule has 2 N–H and O–H groups in total. The van der Waals surface area contributed by atoms with E-state index in [0.717, 1.165) is 19.3 Å². The molecule has 10 atom stereocenters. The number of carbonyl (C=O) groups is 2. The van der Waals surface area contributed by atoms with E-state index < -0.39 is 29.7 Å². The number of esters is 2. The molecule has 6 nitrogen and oxygen atoms in total. The number of cyclic esters (lactones) is 1. The van der Waals surface area contributed by atoms with Gasteiger partial charge in [-0.3, -0.25) is 4.79 Å². The number of carbonyl (C=O) groups excluding carboxylic acids is 2. The van der Waals surface area contributed by atoms with E-state index in [4.69, 9.17) is 9.47 Å². The van der Waals surface area contributed by atoms with Crippen LogP contribution in [0.1, 0.15) is 80.6 Å². The van der Waals surface area contributed by atoms with Crippen molar-refractivity contribution in [1.29, 1.82) is 0 Å². The van der Waals surface area contributed by atoms with Gasteiger partial charge in [-0.25, -0.2) is 4.79 Å². The number of ether oxygens (including phenoxy) is 2. The maximum Gasteiger partial charge on any atom is 0.338 e. The fraction of sp³-hybridized carbons (Fsp3) is 0.800. The Hall–Kier alpha value is -1.66. The highest BCUT2D eigenvalue weighted by Crippen LogP contribution is 2.63. The summed E-state index contributed by atoms with van der Waals surface area (Å²) in [5, 5.41) is 22.9. The molecule has 0 bridgehead atoms. The Balaban J connectivity index is 1.70. The van der Waals surface area contributed by atoms with Crippen LogP contribution in [0.3, 0.4) is 0 Å². The van der Waals surface area contributed by atoms with Crippen LogP contribution in [-0.2, 0) is 19.1 Å². The topological polar surface area (TPSA) is 93.1 Å². The number of fused-ring (bicyclic) bond motifs is 3. The lowest BCUT2D eigenvalue weighted by molar-refractivity contribution is -0.209. The van der Waals surface area contributed by atoms with E-state index in [-0.39, 0.29) is 47.1 Å². The van der Waals surface area contributed by atoms with Crippen molar-refractivity contribution in [3.8, 4) is 0 Å². The fourth-order valence-electron chi connectivity index (χ4n) is 8.27. The van der Waals surface area contributed by atoms with Gasteiger partial charge in [0.15, 0.2) is 6.10 Å². The van der Waals surface area contributed by atoms with Gasteiger partial charge in [-0.2, -0.15) is 0 Å². The average Bonchev–Trinajstić information content (AvgIpc) is 3.05. The predicted molar refractivity (Wildman–Crippen MR) is 138 cm³/mol. The summed E-state index contributed by atoms with van der Waals surface area (Å²) in [4.78, 5) is 25.2. The van der Waals surface area contributed by atoms with Gasteiger partial charge in [0.05, 0.1) is 0 Å². The number of hydrogen-bond acceptors (Lipinski definition) is 6. The molecule has 4 rings (SSSR count). The highest BCUT2D eigenvalue weighted by molar-refractivity contribution is 5.78. The lowest BCUT2D eigenvalue weighted by Crippen LogP contribution is -2.63. The van der Waals surface area contributed by atoms with Crippen molar-refractivity contribution in [3.05, 3.63) is 23.8 Å². The quantitative estimate of drug-likeness (QED) is 0.423. The molecule has 0 aromatic carbocycles. The first-order chi connectivity index (χ1) is 16.7. The summed E-state index contributed by atoms with van der Waals surface area (Å²) in [5.41, 5.74) is 0.0958. The highest BCUT2D eigenvalue weighted by atomic mass is 16.6. The molecule has 0 spiro atoms. The van der Waals surface area contributed by atoms with Crippen molar-refractivity contribution in [2.75, 3.05) is 0 Å². The van der Waals surface area contributed by atoms with Crippen LogP contribution in [0.4, 0.5) is 0 Å². The van der Waals surface area contributed by atoms with Gasteiger partial charge < -0.3 is 19.7 Å². The maximum absolute atomic E-state index is 12.7. The summed E-state index contributed by atoms with van der Waals surface area (Å²) < 4.78 is 11.5.